The number of hydrogen-bond donors (Lipinski definition) is 3. The first-order chi connectivity index (χ1) is 17.5. The van der Waals surface area contributed by atoms with Crippen molar-refractivity contribution in [1.29, 1.82) is 0 Å². The quantitative estimate of drug-likeness (QED) is 0.290. The molecule has 1 unspecified atom stereocenters. The van der Waals surface area contributed by atoms with Gasteiger partial charge < -0.3 is 20.5 Å². The van der Waals surface area contributed by atoms with Crippen molar-refractivity contribution in [2.24, 2.45) is 0 Å². The van der Waals surface area contributed by atoms with Crippen LogP contribution in [0.25, 0.3) is 21.2 Å². The maximum Gasteiger partial charge on any atom is 0.408 e. The molecule has 4 rings (SSSR count). The number of ether oxygens (including phenoxy) is 1. The van der Waals surface area contributed by atoms with Crippen molar-refractivity contribution >= 4 is 39.4 Å². The van der Waals surface area contributed by atoms with Gasteiger partial charge in [-0.15, -0.1) is 11.3 Å². The first kappa shape index (κ1) is 24.9. The van der Waals surface area contributed by atoms with Crippen molar-refractivity contribution in [3.8, 4) is 11.1 Å². The van der Waals surface area contributed by atoms with Crippen molar-refractivity contribution in [2.45, 2.75) is 26.0 Å². The number of thiophene rings is 1. The molecule has 4 aromatic rings. The zero-order valence-corrected chi connectivity index (χ0v) is 20.5. The molecule has 0 bridgehead atoms. The summed E-state index contributed by atoms with van der Waals surface area (Å²) in [6.45, 7) is 1.83. The summed E-state index contributed by atoms with van der Waals surface area (Å²) in [5.74, 6) is -1.68. The molecule has 8 heteroatoms. The third kappa shape index (κ3) is 5.90. The van der Waals surface area contributed by atoms with Crippen LogP contribution in [0.5, 0.6) is 0 Å². The summed E-state index contributed by atoms with van der Waals surface area (Å²) >= 11 is 1.34. The maximum absolute atomic E-state index is 12.9. The summed E-state index contributed by atoms with van der Waals surface area (Å²) < 4.78 is 6.05. The second-order valence-corrected chi connectivity index (χ2v) is 9.23. The molecule has 3 N–H and O–H groups in total. The molecule has 1 atom stereocenters. The zero-order chi connectivity index (χ0) is 25.5. The number of hydrogen-bond acceptors (Lipinski definition) is 5. The summed E-state index contributed by atoms with van der Waals surface area (Å²) in [7, 11) is 0. The lowest BCUT2D eigenvalue weighted by Gasteiger charge is -2.15. The van der Waals surface area contributed by atoms with Crippen LogP contribution in [0, 0.1) is 0 Å². The number of benzene rings is 3. The molecule has 0 aliphatic heterocycles. The summed E-state index contributed by atoms with van der Waals surface area (Å²) in [6.07, 6.45) is 0.0168. The molecule has 0 saturated heterocycles. The van der Waals surface area contributed by atoms with E-state index >= 15 is 0 Å². The lowest BCUT2D eigenvalue weighted by Crippen LogP contribution is -2.48. The zero-order valence-electron chi connectivity index (χ0n) is 19.7. The van der Waals surface area contributed by atoms with Gasteiger partial charge in [-0.05, 0) is 40.8 Å². The van der Waals surface area contributed by atoms with E-state index in [-0.39, 0.29) is 13.2 Å². The van der Waals surface area contributed by atoms with Gasteiger partial charge in [-0.1, -0.05) is 73.7 Å². The van der Waals surface area contributed by atoms with E-state index in [1.807, 2.05) is 54.6 Å². The monoisotopic (exact) mass is 502 g/mol. The third-order valence-corrected chi connectivity index (χ3v) is 6.84. The van der Waals surface area contributed by atoms with Gasteiger partial charge in [-0.25, -0.2) is 9.59 Å². The van der Waals surface area contributed by atoms with Crippen molar-refractivity contribution in [3.05, 3.63) is 94.9 Å². The van der Waals surface area contributed by atoms with Gasteiger partial charge in [0, 0.05) is 16.6 Å². The number of carboxylic acids is 1. The van der Waals surface area contributed by atoms with Crippen LogP contribution in [0.4, 0.5) is 4.79 Å². The van der Waals surface area contributed by atoms with Crippen LogP contribution >= 0.6 is 11.3 Å². The molecule has 0 spiro atoms. The summed E-state index contributed by atoms with van der Waals surface area (Å²) in [5, 5.41) is 15.4. The molecule has 0 radical (unpaired) electrons. The van der Waals surface area contributed by atoms with E-state index in [4.69, 9.17) is 4.74 Å². The van der Waals surface area contributed by atoms with Gasteiger partial charge in [0.2, 0.25) is 0 Å². The molecule has 0 aliphatic carbocycles. The predicted octanol–water partition coefficient (Wildman–Crippen LogP) is 5.24. The Morgan fingerprint density at radius 1 is 0.944 bits per heavy atom. The van der Waals surface area contributed by atoms with Crippen molar-refractivity contribution in [1.82, 2.24) is 10.6 Å². The number of amides is 2. The Bertz CT molecular complexity index is 1380. The number of carbonyl (C=O) groups excluding carboxylic acids is 2. The van der Waals surface area contributed by atoms with Crippen LogP contribution in [0.2, 0.25) is 0 Å². The number of nitrogens with one attached hydrogen (secondary N) is 2. The normalized spacial score (nSPS) is 11.6. The Balaban J connectivity index is 1.43. The summed E-state index contributed by atoms with van der Waals surface area (Å²) in [5.41, 5.74) is 4.17. The van der Waals surface area contributed by atoms with Crippen LogP contribution in [0.15, 0.2) is 78.9 Å². The molecule has 36 heavy (non-hydrogen) atoms. The maximum atomic E-state index is 12.9. The molecule has 0 fully saturated rings. The highest BCUT2D eigenvalue weighted by atomic mass is 32.1. The van der Waals surface area contributed by atoms with Crippen LogP contribution in [0.3, 0.4) is 0 Å². The number of carbonyl (C=O) groups is 3. The predicted molar refractivity (Wildman–Crippen MR) is 140 cm³/mol. The van der Waals surface area contributed by atoms with E-state index in [0.29, 0.717) is 4.88 Å². The van der Waals surface area contributed by atoms with E-state index in [0.717, 1.165) is 33.2 Å². The van der Waals surface area contributed by atoms with E-state index in [1.165, 1.54) is 16.9 Å². The van der Waals surface area contributed by atoms with Gasteiger partial charge in [0.15, 0.2) is 0 Å². The Labute approximate surface area is 212 Å². The van der Waals surface area contributed by atoms with Gasteiger partial charge in [0.25, 0.3) is 5.91 Å². The lowest BCUT2D eigenvalue weighted by atomic mass is 9.96. The van der Waals surface area contributed by atoms with Crippen LogP contribution < -0.4 is 10.6 Å². The standard InChI is InChI=1S/C28H26N2O5S/c1-2-19-11-6-7-12-20(19)21-13-8-14-24-22(21)15-25(36-24)26(31)29-16-23(27(32)33)30-28(34)35-17-18-9-4-3-5-10-18/h3-15,23H,2,16-17H2,1H3,(H,29,31)(H,30,34)(H,32,33). The largest absolute Gasteiger partial charge is 0.480 e. The molecule has 0 aliphatic rings. The van der Waals surface area contributed by atoms with Crippen LogP contribution in [-0.2, 0) is 22.6 Å². The summed E-state index contributed by atoms with van der Waals surface area (Å²) in [4.78, 5) is 37.1. The van der Waals surface area contributed by atoms with Crippen LogP contribution in [-0.4, -0.2) is 35.7 Å². The Kier molecular flexibility index (Phi) is 7.97. The second kappa shape index (κ2) is 11.5. The number of alkyl carbamates (subject to hydrolysis) is 1. The van der Waals surface area contributed by atoms with Crippen molar-refractivity contribution in [2.75, 3.05) is 6.54 Å². The highest BCUT2D eigenvalue weighted by molar-refractivity contribution is 7.20. The topological polar surface area (TPSA) is 105 Å². The van der Waals surface area contributed by atoms with Gasteiger partial charge in [-0.3, -0.25) is 4.79 Å². The molecule has 2 amide bonds. The first-order valence-electron chi connectivity index (χ1n) is 11.5. The smallest absolute Gasteiger partial charge is 0.408 e. The van der Waals surface area contributed by atoms with Crippen molar-refractivity contribution < 1.29 is 24.2 Å². The fourth-order valence-electron chi connectivity index (χ4n) is 3.89. The summed E-state index contributed by atoms with van der Waals surface area (Å²) in [6, 6.07) is 23.7. The van der Waals surface area contributed by atoms with Crippen LogP contribution in [0.1, 0.15) is 27.7 Å². The number of aliphatic carboxylic acids is 1. The highest BCUT2D eigenvalue weighted by Crippen LogP contribution is 2.35. The molecule has 0 saturated carbocycles. The van der Waals surface area contributed by atoms with Gasteiger partial charge in [0.1, 0.15) is 12.6 Å². The fourth-order valence-corrected chi connectivity index (χ4v) is 4.89. The minimum absolute atomic E-state index is 0.0106. The number of fused-ring (bicyclic) bond motifs is 1. The number of carboxylic acid groups (broad SMARTS) is 1. The molecule has 1 heterocycles. The molecular formula is C28H26N2O5S. The van der Waals surface area contributed by atoms with E-state index in [1.54, 1.807) is 12.1 Å². The van der Waals surface area contributed by atoms with Gasteiger partial charge in [-0.2, -0.15) is 0 Å². The van der Waals surface area contributed by atoms with E-state index < -0.39 is 24.0 Å². The molecule has 1 aromatic heterocycles. The SMILES string of the molecule is CCc1ccccc1-c1cccc2sc(C(=O)NCC(NC(=O)OCc3ccccc3)C(=O)O)cc12. The Hall–Kier alpha value is -4.17. The Morgan fingerprint density at radius 3 is 2.42 bits per heavy atom. The minimum atomic E-state index is -1.33. The highest BCUT2D eigenvalue weighted by Gasteiger charge is 2.23. The minimum Gasteiger partial charge on any atom is -0.480 e. The fraction of sp³-hybridized carbons (Fsp3) is 0.179. The van der Waals surface area contributed by atoms with E-state index in [2.05, 4.69) is 29.7 Å². The van der Waals surface area contributed by atoms with Gasteiger partial charge in [0.05, 0.1) is 4.88 Å². The first-order valence-corrected chi connectivity index (χ1v) is 12.4. The molecule has 184 valence electrons. The third-order valence-electron chi connectivity index (χ3n) is 5.74. The average Bonchev–Trinajstić information content (AvgIpc) is 3.35. The number of rotatable bonds is 9. The molecular weight excluding hydrogens is 476 g/mol. The van der Waals surface area contributed by atoms with Gasteiger partial charge >= 0.3 is 12.1 Å². The Morgan fingerprint density at radius 2 is 1.67 bits per heavy atom. The molecule has 7 nitrogen and oxygen atoms in total. The average molecular weight is 503 g/mol. The van der Waals surface area contributed by atoms with E-state index in [9.17, 15) is 19.5 Å². The van der Waals surface area contributed by atoms with Crippen molar-refractivity contribution in [3.63, 3.8) is 0 Å². The molecule has 3 aromatic carbocycles. The second-order valence-electron chi connectivity index (χ2n) is 8.15. The number of aryl methyl sites for hydroxylation is 1. The lowest BCUT2D eigenvalue weighted by molar-refractivity contribution is -0.139.